The van der Waals surface area contributed by atoms with E-state index in [1.54, 1.807) is 0 Å². The number of hydrogen-bond donors (Lipinski definition) is 0. The fourth-order valence-corrected chi connectivity index (χ4v) is 9.45. The SMILES string of the molecule is CN1C(n2c3ccccc3c3cc4c5cc6sc7ccccc7c6cc5n(-c5ccccc5)c4cc32)=NC(c2ccccc2)=CC1c1ccccc1. The highest BCUT2D eigenvalue weighted by Crippen LogP contribution is 2.43. The van der Waals surface area contributed by atoms with Crippen molar-refractivity contribution >= 4 is 86.8 Å². The van der Waals surface area contributed by atoms with E-state index >= 15 is 0 Å². The highest BCUT2D eigenvalue weighted by Gasteiger charge is 2.28. The van der Waals surface area contributed by atoms with Gasteiger partial charge in [-0.3, -0.25) is 4.57 Å². The third kappa shape index (κ3) is 4.30. The predicted octanol–water partition coefficient (Wildman–Crippen LogP) is 12.2. The van der Waals surface area contributed by atoms with Crippen molar-refractivity contribution in [2.24, 2.45) is 4.99 Å². The minimum atomic E-state index is 0.00220. The van der Waals surface area contributed by atoms with E-state index in [0.29, 0.717) is 0 Å². The standard InChI is InChI=1S/C47H32N4S/c1-49-41(31-17-7-3-8-18-31)28-39(30-15-5-2-6-16-30)48-47(49)51-40-23-13-11-21-33(40)35-25-36-37-27-46-38(34-22-12-14-24-45(34)52-46)26-42(37)50(43(36)29-44(35)51)32-19-9-4-10-20-32/h2-29,41H,1H3. The van der Waals surface area contributed by atoms with Gasteiger partial charge in [-0.25, -0.2) is 4.99 Å². The summed E-state index contributed by atoms with van der Waals surface area (Å²) in [5.41, 5.74) is 9.12. The van der Waals surface area contributed by atoms with Crippen LogP contribution in [0.1, 0.15) is 17.2 Å². The zero-order chi connectivity index (χ0) is 34.3. The molecule has 0 radical (unpaired) electrons. The van der Waals surface area contributed by atoms with Gasteiger partial charge in [0.25, 0.3) is 0 Å². The number of aromatic nitrogens is 2. The largest absolute Gasteiger partial charge is 0.334 e. The van der Waals surface area contributed by atoms with Crippen molar-refractivity contribution in [3.05, 3.63) is 181 Å². The molecule has 1 atom stereocenters. The highest BCUT2D eigenvalue weighted by molar-refractivity contribution is 7.25. The van der Waals surface area contributed by atoms with Crippen molar-refractivity contribution in [3.63, 3.8) is 0 Å². The maximum Gasteiger partial charge on any atom is 0.211 e. The molecule has 0 fully saturated rings. The summed E-state index contributed by atoms with van der Waals surface area (Å²) in [5, 5.41) is 7.56. The Bertz CT molecular complexity index is 3070. The van der Waals surface area contributed by atoms with Gasteiger partial charge in [-0.2, -0.15) is 0 Å². The quantitative estimate of drug-likeness (QED) is 0.182. The first-order valence-corrected chi connectivity index (χ1v) is 18.5. The second kappa shape index (κ2) is 11.3. The number of nitrogens with zero attached hydrogens (tertiary/aromatic N) is 4. The molecule has 1 unspecified atom stereocenters. The van der Waals surface area contributed by atoms with Crippen LogP contribution in [0, 0.1) is 0 Å². The minimum Gasteiger partial charge on any atom is -0.334 e. The van der Waals surface area contributed by atoms with Gasteiger partial charge in [0.2, 0.25) is 5.96 Å². The molecule has 0 bridgehead atoms. The van der Waals surface area contributed by atoms with Crippen LogP contribution in [0.5, 0.6) is 0 Å². The van der Waals surface area contributed by atoms with Crippen LogP contribution >= 0.6 is 11.3 Å². The number of likely N-dealkylation sites (N-methyl/N-ethyl adjacent to an activating group) is 1. The van der Waals surface area contributed by atoms with Crippen molar-refractivity contribution in [1.82, 2.24) is 14.0 Å². The third-order valence-corrected chi connectivity index (χ3v) is 11.9. The first-order valence-electron chi connectivity index (χ1n) is 17.7. The van der Waals surface area contributed by atoms with E-state index < -0.39 is 0 Å². The molecule has 0 aliphatic carbocycles. The van der Waals surface area contributed by atoms with Crippen LogP contribution in [0.3, 0.4) is 0 Å². The van der Waals surface area contributed by atoms with E-state index in [9.17, 15) is 0 Å². The maximum absolute atomic E-state index is 5.48. The molecule has 52 heavy (non-hydrogen) atoms. The molecule has 10 aromatic rings. The van der Waals surface area contributed by atoms with Gasteiger partial charge in [-0.1, -0.05) is 115 Å². The Morgan fingerprint density at radius 3 is 1.90 bits per heavy atom. The lowest BCUT2D eigenvalue weighted by molar-refractivity contribution is 0.422. The van der Waals surface area contributed by atoms with Crippen LogP contribution in [0.2, 0.25) is 0 Å². The van der Waals surface area contributed by atoms with Crippen molar-refractivity contribution < 1.29 is 0 Å². The molecule has 1 aliphatic rings. The average Bonchev–Trinajstić information content (AvgIpc) is 3.84. The van der Waals surface area contributed by atoms with Crippen LogP contribution in [0.15, 0.2) is 175 Å². The van der Waals surface area contributed by atoms with Gasteiger partial charge in [-0.15, -0.1) is 11.3 Å². The molecule has 0 saturated heterocycles. The summed E-state index contributed by atoms with van der Waals surface area (Å²) in [6.45, 7) is 0. The summed E-state index contributed by atoms with van der Waals surface area (Å²) in [6.07, 6.45) is 2.29. The van der Waals surface area contributed by atoms with Crippen LogP contribution in [0.25, 0.3) is 75.2 Å². The van der Waals surface area contributed by atoms with Gasteiger partial charge in [0.05, 0.1) is 33.8 Å². The molecular formula is C47H32N4S. The number of rotatable bonds is 3. The van der Waals surface area contributed by atoms with Gasteiger partial charge >= 0.3 is 0 Å². The fourth-order valence-electron chi connectivity index (χ4n) is 8.32. The molecule has 0 amide bonds. The Balaban J connectivity index is 1.24. The average molecular weight is 685 g/mol. The Kier molecular flexibility index (Phi) is 6.36. The topological polar surface area (TPSA) is 25.5 Å². The highest BCUT2D eigenvalue weighted by atomic mass is 32.1. The zero-order valence-electron chi connectivity index (χ0n) is 28.4. The third-order valence-electron chi connectivity index (χ3n) is 10.8. The molecule has 0 N–H and O–H groups in total. The van der Waals surface area contributed by atoms with Crippen molar-refractivity contribution in [2.75, 3.05) is 7.05 Å². The molecule has 0 saturated carbocycles. The number of para-hydroxylation sites is 2. The number of fused-ring (bicyclic) bond motifs is 9. The molecule has 1 aliphatic heterocycles. The molecule has 4 heterocycles. The Morgan fingerprint density at radius 1 is 0.481 bits per heavy atom. The van der Waals surface area contributed by atoms with Gasteiger partial charge in [0.15, 0.2) is 0 Å². The van der Waals surface area contributed by atoms with Crippen LogP contribution in [0.4, 0.5) is 0 Å². The number of thiophene rings is 1. The summed E-state index contributed by atoms with van der Waals surface area (Å²) in [7, 11) is 2.17. The summed E-state index contributed by atoms with van der Waals surface area (Å²) in [6, 6.07) is 59.3. The van der Waals surface area contributed by atoms with E-state index in [4.69, 9.17) is 4.99 Å². The Hall–Kier alpha value is -6.43. The van der Waals surface area contributed by atoms with E-state index in [1.165, 1.54) is 58.3 Å². The van der Waals surface area contributed by atoms with Crippen molar-refractivity contribution in [3.8, 4) is 5.69 Å². The van der Waals surface area contributed by atoms with Crippen LogP contribution in [-0.2, 0) is 0 Å². The number of aliphatic imine (C=N–C) groups is 1. The van der Waals surface area contributed by atoms with E-state index in [1.807, 2.05) is 11.3 Å². The van der Waals surface area contributed by atoms with E-state index in [0.717, 1.165) is 33.9 Å². The monoisotopic (exact) mass is 684 g/mol. The summed E-state index contributed by atoms with van der Waals surface area (Å²) in [5.74, 6) is 0.898. The van der Waals surface area contributed by atoms with Gasteiger partial charge in [0.1, 0.15) is 0 Å². The second-order valence-electron chi connectivity index (χ2n) is 13.7. The number of hydrogen-bond acceptors (Lipinski definition) is 3. The number of benzene rings is 7. The smallest absolute Gasteiger partial charge is 0.211 e. The normalized spacial score (nSPS) is 15.0. The van der Waals surface area contributed by atoms with Gasteiger partial charge in [-0.05, 0) is 60.2 Å². The molecule has 5 heteroatoms. The molecule has 11 rings (SSSR count). The molecule has 246 valence electrons. The van der Waals surface area contributed by atoms with Crippen molar-refractivity contribution in [1.29, 1.82) is 0 Å². The summed E-state index contributed by atoms with van der Waals surface area (Å²) < 4.78 is 7.47. The molecule has 4 nitrogen and oxygen atoms in total. The predicted molar refractivity (Wildman–Crippen MR) is 221 cm³/mol. The van der Waals surface area contributed by atoms with Crippen molar-refractivity contribution in [2.45, 2.75) is 6.04 Å². The minimum absolute atomic E-state index is 0.00220. The molecule has 3 aromatic heterocycles. The fraction of sp³-hybridized carbons (Fsp3) is 0.0426. The van der Waals surface area contributed by atoms with Crippen LogP contribution < -0.4 is 0 Å². The molecule has 0 spiro atoms. The second-order valence-corrected chi connectivity index (χ2v) is 14.8. The lowest BCUT2D eigenvalue weighted by atomic mass is 10.0. The van der Waals surface area contributed by atoms with Crippen LogP contribution in [-0.4, -0.2) is 27.0 Å². The first-order chi connectivity index (χ1) is 25.7. The zero-order valence-corrected chi connectivity index (χ0v) is 29.3. The van der Waals surface area contributed by atoms with E-state index in [2.05, 4.69) is 191 Å². The maximum atomic E-state index is 5.48. The first kappa shape index (κ1) is 29.3. The van der Waals surface area contributed by atoms with Gasteiger partial charge < -0.3 is 9.47 Å². The van der Waals surface area contributed by atoms with E-state index in [-0.39, 0.29) is 6.04 Å². The Labute approximate surface area is 304 Å². The molecule has 7 aromatic carbocycles. The Morgan fingerprint density at radius 2 is 1.10 bits per heavy atom. The summed E-state index contributed by atoms with van der Waals surface area (Å²) >= 11 is 1.88. The molecular weight excluding hydrogens is 653 g/mol. The lowest BCUT2D eigenvalue weighted by Gasteiger charge is -2.34. The summed E-state index contributed by atoms with van der Waals surface area (Å²) in [4.78, 5) is 7.80. The van der Waals surface area contributed by atoms with Gasteiger partial charge in [0, 0.05) is 60.0 Å². The lowest BCUT2D eigenvalue weighted by Crippen LogP contribution is -2.37.